The third kappa shape index (κ3) is 5.55. The van der Waals surface area contributed by atoms with Gasteiger partial charge in [0.05, 0.1) is 36.1 Å². The number of ether oxygens (including phenoxy) is 1. The number of hydrogen-bond donors (Lipinski definition) is 1. The summed E-state index contributed by atoms with van der Waals surface area (Å²) in [5, 5.41) is 8.69. The summed E-state index contributed by atoms with van der Waals surface area (Å²) in [6.45, 7) is 2.48. The van der Waals surface area contributed by atoms with Gasteiger partial charge in [-0.1, -0.05) is 65.7 Å². The Morgan fingerprint density at radius 1 is 1.05 bits per heavy atom. The molecule has 1 atom stereocenters. The lowest BCUT2D eigenvalue weighted by atomic mass is 9.97. The first-order chi connectivity index (χ1) is 18.9. The zero-order valence-corrected chi connectivity index (χ0v) is 22.9. The smallest absolute Gasteiger partial charge is 0.272 e. The monoisotopic (exact) mass is 560 g/mol. The molecule has 1 aliphatic heterocycles. The molecule has 9 heteroatoms. The molecule has 3 aromatic carbocycles. The molecule has 4 aromatic rings. The lowest BCUT2D eigenvalue weighted by molar-refractivity contribution is -0.118. The van der Waals surface area contributed by atoms with E-state index in [1.807, 2.05) is 67.6 Å². The molecule has 2 amide bonds. The largest absolute Gasteiger partial charge is 0.497 e. The summed E-state index contributed by atoms with van der Waals surface area (Å²) in [5.41, 5.74) is 4.83. The molecule has 2 heterocycles. The van der Waals surface area contributed by atoms with Crippen LogP contribution in [0.25, 0.3) is 17.3 Å². The highest BCUT2D eigenvalue weighted by atomic mass is 35.5. The second-order valence-electron chi connectivity index (χ2n) is 9.24. The highest BCUT2D eigenvalue weighted by Gasteiger charge is 2.32. The normalized spacial score (nSPS) is 14.6. The highest BCUT2D eigenvalue weighted by Crippen LogP contribution is 2.35. The molecule has 0 spiro atoms. The second kappa shape index (κ2) is 11.4. The molecule has 1 N–H and O–H groups in total. The van der Waals surface area contributed by atoms with Crippen molar-refractivity contribution in [2.24, 2.45) is 0 Å². The van der Waals surface area contributed by atoms with Crippen LogP contribution in [0.3, 0.4) is 0 Å². The third-order valence-corrected chi connectivity index (χ3v) is 7.17. The topological polar surface area (TPSA) is 76.5 Å². The van der Waals surface area contributed by atoms with Crippen LogP contribution in [0, 0.1) is 0 Å². The SMILES string of the molecule is COc1ccc(C=C2CN(C=O)Cc3c(C(=O)N[C@H](C)c4ccccc4)nn(-c4ccc(Cl)cc4Cl)c32)cc1. The molecule has 1 aromatic heterocycles. The summed E-state index contributed by atoms with van der Waals surface area (Å²) >= 11 is 12.8. The first kappa shape index (κ1) is 26.5. The molecule has 0 bridgehead atoms. The van der Waals surface area contributed by atoms with Gasteiger partial charge in [0.2, 0.25) is 6.41 Å². The summed E-state index contributed by atoms with van der Waals surface area (Å²) < 4.78 is 6.96. The molecule has 0 aliphatic carbocycles. The summed E-state index contributed by atoms with van der Waals surface area (Å²) in [5.74, 6) is 0.392. The van der Waals surface area contributed by atoms with E-state index in [0.717, 1.165) is 28.9 Å². The van der Waals surface area contributed by atoms with Crippen molar-refractivity contribution in [1.29, 1.82) is 0 Å². The molecule has 39 heavy (non-hydrogen) atoms. The number of carbonyl (C=O) groups excluding carboxylic acids is 2. The van der Waals surface area contributed by atoms with Crippen molar-refractivity contribution in [2.45, 2.75) is 19.5 Å². The van der Waals surface area contributed by atoms with Crippen LogP contribution >= 0.6 is 23.2 Å². The zero-order valence-electron chi connectivity index (χ0n) is 21.4. The standard InChI is InChI=1S/C30H26Cl2N4O3/c1-19(21-6-4-3-5-7-21)33-30(38)28-25-17-35(18-37)16-22(14-20-8-11-24(39-2)12-9-20)29(25)36(34-28)27-13-10-23(31)15-26(27)32/h3-15,18-19H,16-17H2,1-2H3,(H,33,38)/t19-/m1/s1. The van der Waals surface area contributed by atoms with Crippen molar-refractivity contribution >= 4 is 47.2 Å². The van der Waals surface area contributed by atoms with E-state index < -0.39 is 0 Å². The van der Waals surface area contributed by atoms with Gasteiger partial charge >= 0.3 is 0 Å². The molecule has 198 valence electrons. The Hall–Kier alpha value is -4.07. The molecule has 0 radical (unpaired) electrons. The average Bonchev–Trinajstić information content (AvgIpc) is 3.33. The number of nitrogens with one attached hydrogen (secondary N) is 1. The molecule has 5 rings (SSSR count). The van der Waals surface area contributed by atoms with Crippen molar-refractivity contribution < 1.29 is 14.3 Å². The van der Waals surface area contributed by atoms with Crippen LogP contribution in [0.5, 0.6) is 5.75 Å². The van der Waals surface area contributed by atoms with Crippen LogP contribution in [-0.4, -0.2) is 40.7 Å². The van der Waals surface area contributed by atoms with Gasteiger partial charge in [-0.05, 0) is 60.0 Å². The number of nitrogens with zero attached hydrogens (tertiary/aromatic N) is 3. The number of aromatic nitrogens is 2. The van der Waals surface area contributed by atoms with Crippen LogP contribution in [0.1, 0.15) is 45.8 Å². The number of fused-ring (bicyclic) bond motifs is 1. The van der Waals surface area contributed by atoms with Gasteiger partial charge in [-0.3, -0.25) is 9.59 Å². The van der Waals surface area contributed by atoms with E-state index in [4.69, 9.17) is 33.0 Å². The van der Waals surface area contributed by atoms with Crippen LogP contribution in [-0.2, 0) is 11.3 Å². The van der Waals surface area contributed by atoms with Gasteiger partial charge in [0.1, 0.15) is 5.75 Å². The quantitative estimate of drug-likeness (QED) is 0.273. The van der Waals surface area contributed by atoms with Gasteiger partial charge in [0.25, 0.3) is 5.91 Å². The summed E-state index contributed by atoms with van der Waals surface area (Å²) in [7, 11) is 1.61. The summed E-state index contributed by atoms with van der Waals surface area (Å²) in [6.07, 6.45) is 2.76. The maximum atomic E-state index is 13.6. The van der Waals surface area contributed by atoms with Crippen LogP contribution < -0.4 is 10.1 Å². The number of methoxy groups -OCH3 is 1. The van der Waals surface area contributed by atoms with Crippen molar-refractivity contribution in [3.8, 4) is 11.4 Å². The number of benzene rings is 3. The van der Waals surface area contributed by atoms with Gasteiger partial charge < -0.3 is 15.0 Å². The lowest BCUT2D eigenvalue weighted by Crippen LogP contribution is -2.32. The minimum absolute atomic E-state index is 0.228. The minimum Gasteiger partial charge on any atom is -0.497 e. The van der Waals surface area contributed by atoms with Gasteiger partial charge in [-0.2, -0.15) is 5.10 Å². The van der Waals surface area contributed by atoms with Crippen LogP contribution in [0.2, 0.25) is 10.0 Å². The second-order valence-corrected chi connectivity index (χ2v) is 10.1. The molecule has 0 unspecified atom stereocenters. The Labute approximate surface area is 236 Å². The number of amides is 2. The average molecular weight is 561 g/mol. The third-order valence-electron chi connectivity index (χ3n) is 6.63. The predicted octanol–water partition coefficient (Wildman–Crippen LogP) is 6.19. The Morgan fingerprint density at radius 3 is 2.46 bits per heavy atom. The number of hydrogen-bond acceptors (Lipinski definition) is 4. The van der Waals surface area contributed by atoms with E-state index >= 15 is 0 Å². The highest BCUT2D eigenvalue weighted by molar-refractivity contribution is 6.35. The summed E-state index contributed by atoms with van der Waals surface area (Å²) in [4.78, 5) is 27.2. The maximum absolute atomic E-state index is 13.6. The Bertz CT molecular complexity index is 1550. The fourth-order valence-electron chi connectivity index (χ4n) is 4.67. The Morgan fingerprint density at radius 2 is 1.79 bits per heavy atom. The number of halogens is 2. The molecule has 1 aliphatic rings. The van der Waals surface area contributed by atoms with E-state index in [0.29, 0.717) is 33.5 Å². The molecule has 0 fully saturated rings. The van der Waals surface area contributed by atoms with Gasteiger partial charge in [-0.25, -0.2) is 4.68 Å². The minimum atomic E-state index is -0.344. The molecule has 0 saturated carbocycles. The first-order valence-electron chi connectivity index (χ1n) is 12.4. The summed E-state index contributed by atoms with van der Waals surface area (Å²) in [6, 6.07) is 22.2. The van der Waals surface area contributed by atoms with E-state index in [-0.39, 0.29) is 24.2 Å². The van der Waals surface area contributed by atoms with Crippen LogP contribution in [0.15, 0.2) is 72.8 Å². The molecule has 0 saturated heterocycles. The van der Waals surface area contributed by atoms with Gasteiger partial charge in [0, 0.05) is 17.1 Å². The molecular formula is C30H26Cl2N4O3. The van der Waals surface area contributed by atoms with E-state index in [9.17, 15) is 9.59 Å². The fraction of sp³-hybridized carbons (Fsp3) is 0.167. The predicted molar refractivity (Wildman–Crippen MR) is 153 cm³/mol. The van der Waals surface area contributed by atoms with Crippen LogP contribution in [0.4, 0.5) is 0 Å². The van der Waals surface area contributed by atoms with Gasteiger partial charge in [-0.15, -0.1) is 0 Å². The molecule has 7 nitrogen and oxygen atoms in total. The van der Waals surface area contributed by atoms with Crippen molar-refractivity contribution in [3.63, 3.8) is 0 Å². The van der Waals surface area contributed by atoms with E-state index in [2.05, 4.69) is 5.32 Å². The lowest BCUT2D eigenvalue weighted by Gasteiger charge is -2.27. The zero-order chi connectivity index (χ0) is 27.5. The van der Waals surface area contributed by atoms with Gasteiger partial charge in [0.15, 0.2) is 5.69 Å². The van der Waals surface area contributed by atoms with E-state index in [1.165, 1.54) is 0 Å². The first-order valence-corrected chi connectivity index (χ1v) is 13.1. The van der Waals surface area contributed by atoms with Crippen molar-refractivity contribution in [2.75, 3.05) is 13.7 Å². The van der Waals surface area contributed by atoms with Crippen molar-refractivity contribution in [1.82, 2.24) is 20.0 Å². The number of rotatable bonds is 7. The maximum Gasteiger partial charge on any atom is 0.272 e. The fourth-order valence-corrected chi connectivity index (χ4v) is 5.16. The Kier molecular flexibility index (Phi) is 7.72. The van der Waals surface area contributed by atoms with E-state index in [1.54, 1.807) is 34.9 Å². The molecular weight excluding hydrogens is 535 g/mol. The van der Waals surface area contributed by atoms with Crippen molar-refractivity contribution in [3.05, 3.63) is 111 Å². The number of carbonyl (C=O) groups is 2. The Balaban J connectivity index is 1.65.